The summed E-state index contributed by atoms with van der Waals surface area (Å²) < 4.78 is 27.7. The van der Waals surface area contributed by atoms with Crippen LogP contribution >= 0.6 is 0 Å². The summed E-state index contributed by atoms with van der Waals surface area (Å²) in [4.78, 5) is 21.4. The van der Waals surface area contributed by atoms with Crippen LogP contribution in [0.2, 0.25) is 0 Å². The Bertz CT molecular complexity index is 594. The van der Waals surface area contributed by atoms with E-state index in [2.05, 4.69) is 9.97 Å². The molecule has 1 aliphatic heterocycles. The minimum Gasteiger partial charge on any atom is -0.480 e. The van der Waals surface area contributed by atoms with Crippen LogP contribution in [0.1, 0.15) is 23.2 Å². The molecule has 0 unspecified atom stereocenters. The lowest BCUT2D eigenvalue weighted by Gasteiger charge is -2.16. The minimum atomic E-state index is -3.52. The molecule has 19 heavy (non-hydrogen) atoms. The number of amides is 1. The fourth-order valence-corrected chi connectivity index (χ4v) is 2.42. The Labute approximate surface area is 111 Å². The minimum absolute atomic E-state index is 0.00711. The quantitative estimate of drug-likeness (QED) is 0.733. The second kappa shape index (κ2) is 5.12. The maximum absolute atomic E-state index is 12.2. The van der Waals surface area contributed by atoms with Gasteiger partial charge in [0.2, 0.25) is 20.9 Å². The third-order valence-electron chi connectivity index (χ3n) is 2.88. The number of carbonyl (C=O) groups excluding carboxylic acids is 1. The molecule has 2 rings (SSSR count). The van der Waals surface area contributed by atoms with Crippen molar-refractivity contribution in [1.29, 1.82) is 0 Å². The van der Waals surface area contributed by atoms with E-state index in [1.54, 1.807) is 4.90 Å². The number of nitrogens with zero attached hydrogens (tertiary/aromatic N) is 3. The lowest BCUT2D eigenvalue weighted by molar-refractivity contribution is 0.0787. The average Bonchev–Trinajstić information content (AvgIpc) is 2.90. The number of aromatic nitrogens is 2. The Kier molecular flexibility index (Phi) is 3.70. The Morgan fingerprint density at radius 1 is 1.37 bits per heavy atom. The van der Waals surface area contributed by atoms with Crippen LogP contribution in [-0.4, -0.2) is 55.6 Å². The first kappa shape index (κ1) is 13.7. The van der Waals surface area contributed by atoms with E-state index in [-0.39, 0.29) is 22.5 Å². The van der Waals surface area contributed by atoms with Crippen molar-refractivity contribution in [3.8, 4) is 5.88 Å². The van der Waals surface area contributed by atoms with Gasteiger partial charge >= 0.3 is 0 Å². The Balaban J connectivity index is 2.38. The Hall–Kier alpha value is -1.70. The van der Waals surface area contributed by atoms with Gasteiger partial charge in [-0.15, -0.1) is 0 Å². The first-order valence-corrected chi connectivity index (χ1v) is 7.73. The highest BCUT2D eigenvalue weighted by Gasteiger charge is 2.25. The molecule has 0 atom stereocenters. The molecule has 1 amide bonds. The predicted molar refractivity (Wildman–Crippen MR) is 66.8 cm³/mol. The van der Waals surface area contributed by atoms with Gasteiger partial charge in [-0.25, -0.2) is 13.4 Å². The highest BCUT2D eigenvalue weighted by Crippen LogP contribution is 2.20. The summed E-state index contributed by atoms with van der Waals surface area (Å²) in [6.45, 7) is 1.38. The number of carbonyl (C=O) groups is 1. The third kappa shape index (κ3) is 2.83. The molecule has 0 N–H and O–H groups in total. The lowest BCUT2D eigenvalue weighted by Crippen LogP contribution is -2.28. The van der Waals surface area contributed by atoms with Gasteiger partial charge in [0, 0.05) is 25.5 Å². The fourth-order valence-electron chi connectivity index (χ4n) is 1.92. The van der Waals surface area contributed by atoms with E-state index in [0.29, 0.717) is 13.1 Å². The molecule has 0 spiro atoms. The molecule has 1 aromatic rings. The van der Waals surface area contributed by atoms with Crippen molar-refractivity contribution in [2.75, 3.05) is 26.5 Å². The van der Waals surface area contributed by atoms with Crippen molar-refractivity contribution in [1.82, 2.24) is 14.9 Å². The lowest BCUT2D eigenvalue weighted by atomic mass is 10.3. The van der Waals surface area contributed by atoms with Crippen LogP contribution in [0.4, 0.5) is 0 Å². The molecule has 0 bridgehead atoms. The third-order valence-corrected chi connectivity index (χ3v) is 3.74. The molecule has 0 saturated carbocycles. The average molecular weight is 285 g/mol. The van der Waals surface area contributed by atoms with Gasteiger partial charge in [0.25, 0.3) is 5.91 Å². The molecule has 1 aromatic heterocycles. The van der Waals surface area contributed by atoms with Gasteiger partial charge in [0.05, 0.1) is 7.11 Å². The van der Waals surface area contributed by atoms with Gasteiger partial charge in [-0.2, -0.15) is 4.98 Å². The molecule has 7 nitrogen and oxygen atoms in total. The summed E-state index contributed by atoms with van der Waals surface area (Å²) in [5, 5.41) is -0.345. The summed E-state index contributed by atoms with van der Waals surface area (Å²) >= 11 is 0. The number of likely N-dealkylation sites (tertiary alicyclic amines) is 1. The van der Waals surface area contributed by atoms with Crippen LogP contribution in [0.15, 0.2) is 11.4 Å². The fraction of sp³-hybridized carbons (Fsp3) is 0.545. The monoisotopic (exact) mass is 285 g/mol. The molecule has 0 aliphatic carbocycles. The van der Waals surface area contributed by atoms with Crippen molar-refractivity contribution >= 4 is 15.7 Å². The molecular formula is C11H15N3O4S. The summed E-state index contributed by atoms with van der Waals surface area (Å²) in [6, 6.07) is 0. The van der Waals surface area contributed by atoms with E-state index in [1.165, 1.54) is 13.3 Å². The zero-order valence-corrected chi connectivity index (χ0v) is 11.6. The number of methoxy groups -OCH3 is 1. The Morgan fingerprint density at radius 3 is 2.53 bits per heavy atom. The van der Waals surface area contributed by atoms with E-state index in [4.69, 9.17) is 4.74 Å². The molecule has 2 heterocycles. The highest BCUT2D eigenvalue weighted by molar-refractivity contribution is 7.90. The summed E-state index contributed by atoms with van der Waals surface area (Å²) in [7, 11) is -2.18. The van der Waals surface area contributed by atoms with E-state index in [9.17, 15) is 13.2 Å². The Morgan fingerprint density at radius 2 is 2.00 bits per heavy atom. The molecule has 0 radical (unpaired) electrons. The van der Waals surface area contributed by atoms with E-state index < -0.39 is 9.84 Å². The van der Waals surface area contributed by atoms with Gasteiger partial charge in [-0.05, 0) is 12.8 Å². The van der Waals surface area contributed by atoms with Crippen LogP contribution < -0.4 is 4.74 Å². The standard InChI is InChI=1S/C11H15N3O4S/c1-18-9-8(10(15)14-5-3-4-6-14)7-12-11(13-9)19(2,16)17/h7H,3-6H2,1-2H3. The van der Waals surface area contributed by atoms with E-state index in [1.807, 2.05) is 0 Å². The largest absolute Gasteiger partial charge is 0.480 e. The summed E-state index contributed by atoms with van der Waals surface area (Å²) in [6.07, 6.45) is 4.15. The van der Waals surface area contributed by atoms with Crippen molar-refractivity contribution in [2.45, 2.75) is 18.0 Å². The zero-order chi connectivity index (χ0) is 14.0. The van der Waals surface area contributed by atoms with Crippen LogP contribution in [-0.2, 0) is 9.84 Å². The van der Waals surface area contributed by atoms with Crippen molar-refractivity contribution in [3.05, 3.63) is 11.8 Å². The highest BCUT2D eigenvalue weighted by atomic mass is 32.2. The molecule has 1 saturated heterocycles. The molecule has 8 heteroatoms. The number of rotatable bonds is 3. The second-order valence-electron chi connectivity index (χ2n) is 4.35. The SMILES string of the molecule is COc1nc(S(C)(=O)=O)ncc1C(=O)N1CCCC1. The molecule has 1 aliphatic rings. The molecule has 0 aromatic carbocycles. The smallest absolute Gasteiger partial charge is 0.260 e. The number of hydrogen-bond acceptors (Lipinski definition) is 6. The first-order valence-electron chi connectivity index (χ1n) is 5.84. The normalized spacial score (nSPS) is 15.6. The van der Waals surface area contributed by atoms with Crippen molar-refractivity contribution in [2.24, 2.45) is 0 Å². The van der Waals surface area contributed by atoms with Gasteiger partial charge in [0.15, 0.2) is 0 Å². The van der Waals surface area contributed by atoms with E-state index >= 15 is 0 Å². The van der Waals surface area contributed by atoms with Crippen molar-refractivity contribution < 1.29 is 17.9 Å². The van der Waals surface area contributed by atoms with Gasteiger partial charge in [-0.3, -0.25) is 4.79 Å². The summed E-state index contributed by atoms with van der Waals surface area (Å²) in [5.74, 6) is -0.235. The van der Waals surface area contributed by atoms with Gasteiger partial charge in [-0.1, -0.05) is 0 Å². The van der Waals surface area contributed by atoms with Crippen LogP contribution in [0.3, 0.4) is 0 Å². The van der Waals surface area contributed by atoms with E-state index in [0.717, 1.165) is 19.1 Å². The second-order valence-corrected chi connectivity index (χ2v) is 6.26. The molecule has 104 valence electrons. The van der Waals surface area contributed by atoms with Crippen LogP contribution in [0, 0.1) is 0 Å². The zero-order valence-electron chi connectivity index (χ0n) is 10.8. The molecular weight excluding hydrogens is 270 g/mol. The first-order chi connectivity index (χ1) is 8.93. The maximum Gasteiger partial charge on any atom is 0.260 e. The number of ether oxygens (including phenoxy) is 1. The van der Waals surface area contributed by atoms with Gasteiger partial charge < -0.3 is 9.64 Å². The maximum atomic E-state index is 12.2. The van der Waals surface area contributed by atoms with Crippen molar-refractivity contribution in [3.63, 3.8) is 0 Å². The number of hydrogen-bond donors (Lipinski definition) is 0. The number of sulfone groups is 1. The van der Waals surface area contributed by atoms with Gasteiger partial charge in [0.1, 0.15) is 5.56 Å². The van der Waals surface area contributed by atoms with Crippen LogP contribution in [0.5, 0.6) is 5.88 Å². The predicted octanol–water partition coefficient (Wildman–Crippen LogP) is 0.125. The summed E-state index contributed by atoms with van der Waals surface area (Å²) in [5.41, 5.74) is 0.191. The van der Waals surface area contributed by atoms with Crippen LogP contribution in [0.25, 0.3) is 0 Å². The molecule has 1 fully saturated rings. The topological polar surface area (TPSA) is 89.5 Å².